The number of hydrogen-bond acceptors (Lipinski definition) is 5. The molecule has 118 valence electrons. The lowest BCUT2D eigenvalue weighted by Gasteiger charge is -2.28. The van der Waals surface area contributed by atoms with Gasteiger partial charge >= 0.3 is 0 Å². The van der Waals surface area contributed by atoms with Crippen molar-refractivity contribution < 1.29 is 5.11 Å². The molecule has 0 saturated carbocycles. The average Bonchev–Trinajstić information content (AvgIpc) is 3.16. The summed E-state index contributed by atoms with van der Waals surface area (Å²) >= 11 is 7.76. The fourth-order valence-corrected chi connectivity index (χ4v) is 3.96. The van der Waals surface area contributed by atoms with Crippen molar-refractivity contribution in [1.29, 1.82) is 0 Å². The minimum Gasteiger partial charge on any atom is -0.387 e. The Kier molecular flexibility index (Phi) is 4.52. The van der Waals surface area contributed by atoms with Crippen LogP contribution in [0.2, 0.25) is 5.02 Å². The van der Waals surface area contributed by atoms with Gasteiger partial charge in [0, 0.05) is 24.5 Å². The highest BCUT2D eigenvalue weighted by Crippen LogP contribution is 2.34. The predicted molar refractivity (Wildman–Crippen MR) is 88.8 cm³/mol. The van der Waals surface area contributed by atoms with E-state index in [1.165, 1.54) is 4.68 Å². The number of hydrogen-bond donors (Lipinski definition) is 1. The van der Waals surface area contributed by atoms with Crippen LogP contribution < -0.4 is 10.5 Å². The van der Waals surface area contributed by atoms with Gasteiger partial charge in [0.25, 0.3) is 5.56 Å². The molecule has 2 aromatic rings. The Morgan fingerprint density at radius 3 is 3.14 bits per heavy atom. The summed E-state index contributed by atoms with van der Waals surface area (Å²) in [6, 6.07) is 4.06. The average molecular weight is 340 g/mol. The van der Waals surface area contributed by atoms with Gasteiger partial charge in [-0.15, -0.1) is 11.3 Å². The molecule has 22 heavy (non-hydrogen) atoms. The lowest BCUT2D eigenvalue weighted by atomic mass is 10.1. The van der Waals surface area contributed by atoms with E-state index in [-0.39, 0.29) is 16.6 Å². The second kappa shape index (κ2) is 6.40. The van der Waals surface area contributed by atoms with Crippen molar-refractivity contribution in [2.75, 3.05) is 11.4 Å². The highest BCUT2D eigenvalue weighted by atomic mass is 35.5. The number of aromatic nitrogens is 2. The van der Waals surface area contributed by atoms with Crippen molar-refractivity contribution >= 4 is 28.6 Å². The lowest BCUT2D eigenvalue weighted by molar-refractivity contribution is 0.162. The molecule has 0 aromatic carbocycles. The second-order valence-electron chi connectivity index (χ2n) is 5.53. The maximum atomic E-state index is 12.0. The zero-order chi connectivity index (χ0) is 15.7. The van der Waals surface area contributed by atoms with Crippen molar-refractivity contribution in [3.05, 3.63) is 44.0 Å². The molecule has 2 aromatic heterocycles. The fourth-order valence-electron chi connectivity index (χ4n) is 2.95. The van der Waals surface area contributed by atoms with Crippen LogP contribution in [0.15, 0.2) is 28.5 Å². The van der Waals surface area contributed by atoms with Crippen molar-refractivity contribution in [1.82, 2.24) is 9.78 Å². The second-order valence-corrected chi connectivity index (χ2v) is 6.89. The highest BCUT2D eigenvalue weighted by Gasteiger charge is 2.29. The molecule has 1 N–H and O–H groups in total. The molecule has 7 heteroatoms. The third-order valence-corrected chi connectivity index (χ3v) is 5.44. The number of halogens is 1. The minimum atomic E-state index is -0.483. The molecule has 3 heterocycles. The van der Waals surface area contributed by atoms with Gasteiger partial charge < -0.3 is 10.0 Å². The van der Waals surface area contributed by atoms with Crippen LogP contribution in [0.25, 0.3) is 0 Å². The van der Waals surface area contributed by atoms with Crippen LogP contribution in [0.3, 0.4) is 0 Å². The first-order valence-electron chi connectivity index (χ1n) is 7.28. The normalized spacial score (nSPS) is 19.6. The van der Waals surface area contributed by atoms with Gasteiger partial charge in [0.1, 0.15) is 5.02 Å². The van der Waals surface area contributed by atoms with Gasteiger partial charge in [0.2, 0.25) is 0 Å². The number of thiophene rings is 1. The van der Waals surface area contributed by atoms with E-state index in [4.69, 9.17) is 11.6 Å². The minimum absolute atomic E-state index is 0.170. The molecule has 5 nitrogen and oxygen atoms in total. The van der Waals surface area contributed by atoms with Crippen LogP contribution in [0.4, 0.5) is 5.69 Å². The summed E-state index contributed by atoms with van der Waals surface area (Å²) in [5.41, 5.74) is 0.384. The van der Waals surface area contributed by atoms with Crippen LogP contribution in [0.5, 0.6) is 0 Å². The molecule has 0 bridgehead atoms. The van der Waals surface area contributed by atoms with Gasteiger partial charge in [-0.1, -0.05) is 17.7 Å². The van der Waals surface area contributed by atoms with E-state index < -0.39 is 6.10 Å². The summed E-state index contributed by atoms with van der Waals surface area (Å²) in [5.74, 6) is 0. The van der Waals surface area contributed by atoms with Crippen molar-refractivity contribution in [2.24, 2.45) is 7.05 Å². The Bertz CT molecular complexity index is 701. The predicted octanol–water partition coefficient (Wildman–Crippen LogP) is 2.59. The molecule has 0 radical (unpaired) electrons. The summed E-state index contributed by atoms with van der Waals surface area (Å²) in [5, 5.41) is 16.6. The first-order valence-corrected chi connectivity index (χ1v) is 8.53. The van der Waals surface area contributed by atoms with Gasteiger partial charge in [-0.3, -0.25) is 4.79 Å². The van der Waals surface area contributed by atoms with Gasteiger partial charge in [-0.2, -0.15) is 5.10 Å². The van der Waals surface area contributed by atoms with Crippen molar-refractivity contribution in [3.8, 4) is 0 Å². The molecule has 3 rings (SSSR count). The third-order valence-electron chi connectivity index (χ3n) is 4.11. The van der Waals surface area contributed by atoms with Crippen LogP contribution in [0.1, 0.15) is 30.2 Å². The van der Waals surface area contributed by atoms with Gasteiger partial charge in [-0.25, -0.2) is 4.68 Å². The number of aliphatic hydroxyl groups excluding tert-OH is 1. The molecule has 0 amide bonds. The fraction of sp³-hybridized carbons (Fsp3) is 0.467. The van der Waals surface area contributed by atoms with Crippen LogP contribution >= 0.6 is 22.9 Å². The van der Waals surface area contributed by atoms with E-state index in [1.54, 1.807) is 24.6 Å². The Balaban J connectivity index is 1.82. The smallest absolute Gasteiger partial charge is 0.287 e. The van der Waals surface area contributed by atoms with Gasteiger partial charge in [0.05, 0.1) is 18.0 Å². The topological polar surface area (TPSA) is 58.4 Å². The Hall–Kier alpha value is -1.37. The zero-order valence-electron chi connectivity index (χ0n) is 12.3. The van der Waals surface area contributed by atoms with E-state index in [2.05, 4.69) is 10.00 Å². The Labute approximate surface area is 137 Å². The number of nitrogens with zero attached hydrogens (tertiary/aromatic N) is 3. The first kappa shape index (κ1) is 15.5. The van der Waals surface area contributed by atoms with Crippen molar-refractivity contribution in [3.63, 3.8) is 0 Å². The van der Waals surface area contributed by atoms with E-state index in [1.807, 2.05) is 17.5 Å². The Morgan fingerprint density at radius 2 is 2.41 bits per heavy atom. The van der Waals surface area contributed by atoms with Crippen LogP contribution in [0, 0.1) is 0 Å². The van der Waals surface area contributed by atoms with Crippen LogP contribution in [-0.2, 0) is 7.05 Å². The molecular weight excluding hydrogens is 322 g/mol. The summed E-state index contributed by atoms with van der Waals surface area (Å²) in [6.45, 7) is 0.830. The van der Waals surface area contributed by atoms with E-state index in [0.29, 0.717) is 12.1 Å². The molecule has 1 aliphatic rings. The summed E-state index contributed by atoms with van der Waals surface area (Å²) in [7, 11) is 1.58. The molecule has 1 aliphatic heterocycles. The van der Waals surface area contributed by atoms with Gasteiger partial charge in [-0.05, 0) is 30.7 Å². The molecular formula is C15H18ClN3O2S. The summed E-state index contributed by atoms with van der Waals surface area (Å²) < 4.78 is 1.23. The summed E-state index contributed by atoms with van der Waals surface area (Å²) in [6.07, 6.45) is 3.79. The number of rotatable bonds is 4. The molecule has 1 saturated heterocycles. The van der Waals surface area contributed by atoms with E-state index in [9.17, 15) is 9.90 Å². The zero-order valence-corrected chi connectivity index (χ0v) is 13.8. The molecule has 2 atom stereocenters. The quantitative estimate of drug-likeness (QED) is 0.930. The Morgan fingerprint density at radius 1 is 1.59 bits per heavy atom. The molecule has 1 fully saturated rings. The monoisotopic (exact) mass is 339 g/mol. The maximum Gasteiger partial charge on any atom is 0.287 e. The standard InChI is InChI=1S/C15H18ClN3O2S/c1-18-15(21)14(16)11(9-17-18)19-6-2-4-10(19)8-12(20)13-5-3-7-22-13/h3,5,7,9-10,12,20H,2,4,6,8H2,1H3. The lowest BCUT2D eigenvalue weighted by Crippen LogP contribution is -2.33. The SMILES string of the molecule is Cn1ncc(N2CCCC2CC(O)c2cccs2)c(Cl)c1=O. The maximum absolute atomic E-state index is 12.0. The first-order chi connectivity index (χ1) is 10.6. The van der Waals surface area contributed by atoms with Gasteiger partial charge in [0.15, 0.2) is 0 Å². The highest BCUT2D eigenvalue weighted by molar-refractivity contribution is 7.10. The third kappa shape index (κ3) is 2.91. The number of anilines is 1. The number of aliphatic hydroxyl groups is 1. The molecule has 0 spiro atoms. The van der Waals surface area contributed by atoms with Crippen LogP contribution in [-0.4, -0.2) is 27.5 Å². The summed E-state index contributed by atoms with van der Waals surface area (Å²) in [4.78, 5) is 15.0. The van der Waals surface area contributed by atoms with E-state index >= 15 is 0 Å². The number of aryl methyl sites for hydroxylation is 1. The largest absolute Gasteiger partial charge is 0.387 e. The molecule has 2 unspecified atom stereocenters. The molecule has 0 aliphatic carbocycles. The van der Waals surface area contributed by atoms with E-state index in [0.717, 1.165) is 24.3 Å². The van der Waals surface area contributed by atoms with Crippen molar-refractivity contribution in [2.45, 2.75) is 31.4 Å².